The van der Waals surface area contributed by atoms with Crippen molar-refractivity contribution >= 4 is 38.7 Å². The number of ether oxygens (including phenoxy) is 2. The summed E-state index contributed by atoms with van der Waals surface area (Å²) in [6.07, 6.45) is 3.85. The summed E-state index contributed by atoms with van der Waals surface area (Å²) in [6.45, 7) is 3.94. The van der Waals surface area contributed by atoms with Gasteiger partial charge in [0.25, 0.3) is 0 Å². The van der Waals surface area contributed by atoms with Crippen molar-refractivity contribution in [1.29, 1.82) is 0 Å². The van der Waals surface area contributed by atoms with Gasteiger partial charge in [0, 0.05) is 5.56 Å². The standard InChI is InChI=1S/C28H35N3O9S2/c1-16-22(24-29-13-14-39-24)41-25-23(16)42(36,37)31(28(2,3)26(33)34)27(35)30(25)15-21(19-7-5-6-8-20(19)38-4)40-18-11-9-17(32)10-12-18/h5-8,13-14,17-18,21,23,25,32H,9-12,15H2,1-4H3,(H,33,34)/t17?,18?,21-,23?,25?/m0/s1. The maximum Gasteiger partial charge on any atom is 0.335 e. The molecule has 42 heavy (non-hydrogen) atoms. The molecular weight excluding hydrogens is 586 g/mol. The van der Waals surface area contributed by atoms with Gasteiger partial charge in [-0.2, -0.15) is 0 Å². The predicted octanol–water partition coefficient (Wildman–Crippen LogP) is 3.85. The fourth-order valence-electron chi connectivity index (χ4n) is 5.78. The zero-order valence-corrected chi connectivity index (χ0v) is 25.4. The van der Waals surface area contributed by atoms with Crippen molar-refractivity contribution in [1.82, 2.24) is 14.2 Å². The third-order valence-electron chi connectivity index (χ3n) is 8.09. The van der Waals surface area contributed by atoms with Crippen LogP contribution in [0.15, 0.2) is 46.7 Å². The minimum absolute atomic E-state index is 0.0830. The number of urea groups is 1. The maximum atomic E-state index is 14.2. The first-order valence-electron chi connectivity index (χ1n) is 13.7. The largest absolute Gasteiger partial charge is 0.496 e. The molecule has 2 unspecified atom stereocenters. The average molecular weight is 622 g/mol. The van der Waals surface area contributed by atoms with Crippen molar-refractivity contribution in [3.05, 3.63) is 53.8 Å². The van der Waals surface area contributed by atoms with Crippen LogP contribution in [0.5, 0.6) is 5.75 Å². The number of amides is 2. The van der Waals surface area contributed by atoms with Gasteiger partial charge >= 0.3 is 12.0 Å². The van der Waals surface area contributed by atoms with Crippen molar-refractivity contribution in [2.45, 2.75) is 80.9 Å². The van der Waals surface area contributed by atoms with Crippen LogP contribution in [0, 0.1) is 0 Å². The lowest BCUT2D eigenvalue weighted by Crippen LogP contribution is -2.68. The smallest absolute Gasteiger partial charge is 0.335 e. The zero-order chi connectivity index (χ0) is 30.4. The van der Waals surface area contributed by atoms with Crippen molar-refractivity contribution in [3.8, 4) is 5.75 Å². The summed E-state index contributed by atoms with van der Waals surface area (Å²) in [5, 5.41) is 17.9. The Labute approximate surface area is 248 Å². The van der Waals surface area contributed by atoms with E-state index in [-0.39, 0.29) is 18.5 Å². The summed E-state index contributed by atoms with van der Waals surface area (Å²) in [6, 6.07) is 6.27. The molecule has 1 saturated carbocycles. The number of aromatic nitrogens is 1. The summed E-state index contributed by atoms with van der Waals surface area (Å²) in [4.78, 5) is 32.6. The number of carboxylic acid groups (broad SMARTS) is 1. The Morgan fingerprint density at radius 3 is 2.55 bits per heavy atom. The van der Waals surface area contributed by atoms with Gasteiger partial charge in [0.2, 0.25) is 15.9 Å². The van der Waals surface area contributed by atoms with Crippen LogP contribution in [0.1, 0.15) is 64.0 Å². The van der Waals surface area contributed by atoms with Gasteiger partial charge in [-0.15, -0.1) is 0 Å². The maximum absolute atomic E-state index is 14.2. The Morgan fingerprint density at radius 1 is 1.24 bits per heavy atom. The number of aliphatic carboxylic acids is 1. The molecule has 2 aromatic rings. The molecule has 5 rings (SSSR count). The number of fused-ring (bicyclic) bond motifs is 1. The van der Waals surface area contributed by atoms with Gasteiger partial charge in [-0.1, -0.05) is 30.0 Å². The van der Waals surface area contributed by atoms with E-state index in [4.69, 9.17) is 13.9 Å². The number of sulfonamides is 1. The molecule has 3 atom stereocenters. The first kappa shape index (κ1) is 30.4. The molecule has 2 amide bonds. The van der Waals surface area contributed by atoms with Gasteiger partial charge < -0.3 is 29.0 Å². The van der Waals surface area contributed by atoms with E-state index in [0.29, 0.717) is 51.8 Å². The fourth-order valence-corrected chi connectivity index (χ4v) is 10.1. The zero-order valence-electron chi connectivity index (χ0n) is 23.8. The van der Waals surface area contributed by atoms with Gasteiger partial charge in [0.15, 0.2) is 5.54 Å². The number of aliphatic hydroxyl groups excluding tert-OH is 1. The van der Waals surface area contributed by atoms with E-state index in [0.717, 1.165) is 11.8 Å². The van der Waals surface area contributed by atoms with E-state index in [1.54, 1.807) is 13.0 Å². The molecule has 1 saturated heterocycles. The Bertz CT molecular complexity index is 1470. The summed E-state index contributed by atoms with van der Waals surface area (Å²) in [5.41, 5.74) is -1.00. The number of thioether (sulfide) groups is 1. The second-order valence-electron chi connectivity index (χ2n) is 11.2. The van der Waals surface area contributed by atoms with E-state index in [2.05, 4.69) is 4.98 Å². The molecule has 2 aliphatic heterocycles. The van der Waals surface area contributed by atoms with Crippen LogP contribution in [0.2, 0.25) is 0 Å². The molecule has 0 spiro atoms. The van der Waals surface area contributed by atoms with Crippen LogP contribution >= 0.6 is 11.8 Å². The lowest BCUT2D eigenvalue weighted by Gasteiger charge is -2.47. The number of aliphatic hydroxyl groups is 1. The molecule has 3 aliphatic rings. The topological polar surface area (TPSA) is 160 Å². The van der Waals surface area contributed by atoms with Crippen LogP contribution in [0.3, 0.4) is 0 Å². The van der Waals surface area contributed by atoms with E-state index < -0.39 is 50.4 Å². The lowest BCUT2D eigenvalue weighted by molar-refractivity contribution is -0.145. The summed E-state index contributed by atoms with van der Waals surface area (Å²) in [7, 11) is -2.96. The number of carbonyl (C=O) groups excluding carboxylic acids is 1. The fraction of sp³-hybridized carbons (Fsp3) is 0.536. The highest BCUT2D eigenvalue weighted by atomic mass is 32.2. The van der Waals surface area contributed by atoms with Crippen molar-refractivity contribution in [3.63, 3.8) is 0 Å². The Hall–Kier alpha value is -3.07. The molecule has 12 nitrogen and oxygen atoms in total. The number of carboxylic acids is 1. The summed E-state index contributed by atoms with van der Waals surface area (Å²) in [5.74, 6) is -0.711. The van der Waals surface area contributed by atoms with E-state index in [1.165, 1.54) is 38.3 Å². The predicted molar refractivity (Wildman–Crippen MR) is 154 cm³/mol. The Morgan fingerprint density at radius 2 is 1.93 bits per heavy atom. The summed E-state index contributed by atoms with van der Waals surface area (Å²) >= 11 is 1.14. The Kier molecular flexibility index (Phi) is 8.36. The molecule has 2 N–H and O–H groups in total. The molecule has 1 aliphatic carbocycles. The summed E-state index contributed by atoms with van der Waals surface area (Å²) < 4.78 is 46.3. The van der Waals surface area contributed by atoms with Gasteiger partial charge in [-0.3, -0.25) is 0 Å². The molecule has 1 aromatic heterocycles. The van der Waals surface area contributed by atoms with Crippen LogP contribution in [0.25, 0.3) is 4.91 Å². The second-order valence-corrected chi connectivity index (χ2v) is 14.2. The third kappa shape index (κ3) is 5.29. The third-order valence-corrected chi connectivity index (χ3v) is 12.1. The van der Waals surface area contributed by atoms with Crippen molar-refractivity contribution in [2.75, 3.05) is 13.7 Å². The molecule has 0 radical (unpaired) electrons. The molecule has 3 heterocycles. The van der Waals surface area contributed by atoms with Gasteiger partial charge in [-0.05, 0) is 58.1 Å². The minimum Gasteiger partial charge on any atom is -0.496 e. The number of hydrogen-bond acceptors (Lipinski definition) is 10. The number of carbonyl (C=O) groups is 2. The van der Waals surface area contributed by atoms with Crippen LogP contribution in [-0.4, -0.2) is 86.8 Å². The number of benzene rings is 1. The van der Waals surface area contributed by atoms with E-state index >= 15 is 0 Å². The Balaban J connectivity index is 1.59. The molecule has 1 aromatic carbocycles. The molecule has 0 bridgehead atoms. The number of para-hydroxylation sites is 1. The van der Waals surface area contributed by atoms with Crippen LogP contribution in [-0.2, 0) is 19.6 Å². The van der Waals surface area contributed by atoms with Gasteiger partial charge in [0.05, 0.1) is 37.0 Å². The average Bonchev–Trinajstić information content (AvgIpc) is 3.59. The van der Waals surface area contributed by atoms with E-state index in [9.17, 15) is 28.2 Å². The SMILES string of the molecule is COc1ccccc1[C@H](CN1C(=O)N(C(C)(C)C(=O)O)S(=O)(=O)C2C(C)=C(c3ncco3)SC21)OC1CCC(O)CC1. The number of nitrogens with zero attached hydrogens (tertiary/aromatic N) is 3. The first-order chi connectivity index (χ1) is 19.9. The molecular formula is C28H35N3O9S2. The highest BCUT2D eigenvalue weighted by molar-refractivity contribution is 8.10. The highest BCUT2D eigenvalue weighted by Gasteiger charge is 2.61. The van der Waals surface area contributed by atoms with Gasteiger partial charge in [0.1, 0.15) is 28.7 Å². The second kappa shape index (κ2) is 11.5. The first-order valence-corrected chi connectivity index (χ1v) is 16.1. The molecule has 2 fully saturated rings. The highest BCUT2D eigenvalue weighted by Crippen LogP contribution is 2.52. The van der Waals surface area contributed by atoms with Gasteiger partial charge in [-0.25, -0.2) is 27.3 Å². The monoisotopic (exact) mass is 621 g/mol. The molecule has 228 valence electrons. The quantitative estimate of drug-likeness (QED) is 0.419. The normalized spacial score (nSPS) is 26.7. The van der Waals surface area contributed by atoms with Crippen LogP contribution < -0.4 is 4.74 Å². The van der Waals surface area contributed by atoms with Crippen LogP contribution in [0.4, 0.5) is 4.79 Å². The minimum atomic E-state index is -4.49. The van der Waals surface area contributed by atoms with Crippen molar-refractivity contribution < 1.29 is 42.1 Å². The van der Waals surface area contributed by atoms with E-state index in [1.807, 2.05) is 18.2 Å². The number of methoxy groups -OCH3 is 1. The lowest BCUT2D eigenvalue weighted by atomic mass is 9.94. The number of oxazole rings is 1. The molecule has 14 heteroatoms. The van der Waals surface area contributed by atoms with Crippen molar-refractivity contribution in [2.24, 2.45) is 0 Å². The number of rotatable bonds is 9. The number of hydrogen-bond donors (Lipinski definition) is 2.